The molecule has 0 saturated carbocycles. The molecule has 3 N–H and O–H groups in total. The number of ether oxygens (including phenoxy) is 3. The van der Waals surface area contributed by atoms with Crippen LogP contribution in [0.5, 0.6) is 17.2 Å². The van der Waals surface area contributed by atoms with Crippen molar-refractivity contribution < 1.29 is 19.0 Å². The normalized spacial score (nSPS) is 14.1. The van der Waals surface area contributed by atoms with E-state index in [0.29, 0.717) is 36.3 Å². The second-order valence-electron chi connectivity index (χ2n) is 5.42. The molecule has 0 saturated heterocycles. The standard InChI is InChI=1S/C15H22N2O4/c1-9(2)7-17-15(18)10(3)21-12-5-14-13(19-8-20-14)4-11(12)6-16/h4-5,9-10H,6-8,16H2,1-3H3,(H,17,18). The van der Waals surface area contributed by atoms with Crippen LogP contribution in [0.4, 0.5) is 0 Å². The predicted octanol–water partition coefficient (Wildman–Crippen LogP) is 1.41. The maximum Gasteiger partial charge on any atom is 0.260 e. The Hall–Kier alpha value is -1.95. The summed E-state index contributed by atoms with van der Waals surface area (Å²) in [6.07, 6.45) is -0.602. The second-order valence-corrected chi connectivity index (χ2v) is 5.42. The molecule has 6 heteroatoms. The van der Waals surface area contributed by atoms with E-state index < -0.39 is 6.10 Å². The quantitative estimate of drug-likeness (QED) is 0.829. The Labute approximate surface area is 124 Å². The molecule has 2 rings (SSSR count). The highest BCUT2D eigenvalue weighted by atomic mass is 16.7. The Morgan fingerprint density at radius 3 is 2.62 bits per heavy atom. The van der Waals surface area contributed by atoms with Gasteiger partial charge in [-0.2, -0.15) is 0 Å². The van der Waals surface area contributed by atoms with Crippen LogP contribution in [0, 0.1) is 5.92 Å². The summed E-state index contributed by atoms with van der Waals surface area (Å²) in [5.74, 6) is 2.06. The van der Waals surface area contributed by atoms with Gasteiger partial charge >= 0.3 is 0 Å². The summed E-state index contributed by atoms with van der Waals surface area (Å²) in [5, 5.41) is 2.84. The molecule has 0 bridgehead atoms. The Balaban J connectivity index is 2.06. The molecule has 0 aliphatic carbocycles. The minimum atomic E-state index is -0.602. The molecular weight excluding hydrogens is 272 g/mol. The van der Waals surface area contributed by atoms with E-state index >= 15 is 0 Å². The van der Waals surface area contributed by atoms with Gasteiger partial charge in [-0.15, -0.1) is 0 Å². The number of benzene rings is 1. The van der Waals surface area contributed by atoms with Crippen LogP contribution in [0.1, 0.15) is 26.3 Å². The summed E-state index contributed by atoms with van der Waals surface area (Å²) in [5.41, 5.74) is 6.50. The van der Waals surface area contributed by atoms with Gasteiger partial charge < -0.3 is 25.3 Å². The van der Waals surface area contributed by atoms with E-state index in [2.05, 4.69) is 5.32 Å². The summed E-state index contributed by atoms with van der Waals surface area (Å²) in [6.45, 7) is 6.89. The number of amides is 1. The molecule has 116 valence electrons. The van der Waals surface area contributed by atoms with Gasteiger partial charge in [0.2, 0.25) is 6.79 Å². The fourth-order valence-electron chi connectivity index (χ4n) is 1.93. The monoisotopic (exact) mass is 294 g/mol. The number of carbonyl (C=O) groups is 1. The summed E-state index contributed by atoms with van der Waals surface area (Å²) in [4.78, 5) is 12.0. The van der Waals surface area contributed by atoms with Crippen LogP contribution in [0.2, 0.25) is 0 Å². The SMILES string of the molecule is CC(C)CNC(=O)C(C)Oc1cc2c(cc1CN)OCO2. The van der Waals surface area contributed by atoms with Crippen molar-refractivity contribution in [3.8, 4) is 17.2 Å². The van der Waals surface area contributed by atoms with Crippen molar-refractivity contribution >= 4 is 5.91 Å². The number of fused-ring (bicyclic) bond motifs is 1. The zero-order valence-corrected chi connectivity index (χ0v) is 12.6. The lowest BCUT2D eigenvalue weighted by molar-refractivity contribution is -0.127. The van der Waals surface area contributed by atoms with Crippen LogP contribution in [-0.2, 0) is 11.3 Å². The molecule has 1 unspecified atom stereocenters. The lowest BCUT2D eigenvalue weighted by Gasteiger charge is -2.18. The number of carbonyl (C=O) groups excluding carboxylic acids is 1. The lowest BCUT2D eigenvalue weighted by Crippen LogP contribution is -2.38. The number of hydrogen-bond donors (Lipinski definition) is 2. The van der Waals surface area contributed by atoms with Crippen molar-refractivity contribution in [1.82, 2.24) is 5.32 Å². The first-order valence-electron chi connectivity index (χ1n) is 7.08. The molecule has 0 spiro atoms. The number of nitrogens with one attached hydrogen (secondary N) is 1. The molecule has 6 nitrogen and oxygen atoms in total. The van der Waals surface area contributed by atoms with Gasteiger partial charge in [0.05, 0.1) is 0 Å². The average molecular weight is 294 g/mol. The van der Waals surface area contributed by atoms with Gasteiger partial charge in [0.25, 0.3) is 5.91 Å². The first-order chi connectivity index (χ1) is 10.0. The first-order valence-corrected chi connectivity index (χ1v) is 7.08. The zero-order chi connectivity index (χ0) is 15.4. The zero-order valence-electron chi connectivity index (χ0n) is 12.6. The van der Waals surface area contributed by atoms with Crippen molar-refractivity contribution in [2.24, 2.45) is 11.7 Å². The van der Waals surface area contributed by atoms with Gasteiger partial charge in [0.15, 0.2) is 17.6 Å². The highest BCUT2D eigenvalue weighted by molar-refractivity contribution is 5.80. The van der Waals surface area contributed by atoms with Crippen LogP contribution in [0.25, 0.3) is 0 Å². The molecule has 1 aromatic carbocycles. The van der Waals surface area contributed by atoms with Crippen molar-refractivity contribution in [3.63, 3.8) is 0 Å². The Bertz CT molecular complexity index is 517. The molecule has 21 heavy (non-hydrogen) atoms. The molecule has 1 aliphatic heterocycles. The van der Waals surface area contributed by atoms with Crippen molar-refractivity contribution in [3.05, 3.63) is 17.7 Å². The van der Waals surface area contributed by atoms with Gasteiger partial charge in [0.1, 0.15) is 5.75 Å². The maximum absolute atomic E-state index is 12.0. The van der Waals surface area contributed by atoms with Crippen LogP contribution >= 0.6 is 0 Å². The van der Waals surface area contributed by atoms with Crippen LogP contribution in [-0.4, -0.2) is 25.3 Å². The van der Waals surface area contributed by atoms with Gasteiger partial charge in [-0.1, -0.05) is 13.8 Å². The molecule has 0 aromatic heterocycles. The first kappa shape index (κ1) is 15.4. The fourth-order valence-corrected chi connectivity index (χ4v) is 1.93. The Kier molecular flexibility index (Phi) is 4.90. The number of hydrogen-bond acceptors (Lipinski definition) is 5. The van der Waals surface area contributed by atoms with Crippen molar-refractivity contribution in [1.29, 1.82) is 0 Å². The van der Waals surface area contributed by atoms with E-state index in [-0.39, 0.29) is 12.7 Å². The minimum Gasteiger partial charge on any atom is -0.480 e. The van der Waals surface area contributed by atoms with Crippen LogP contribution in [0.15, 0.2) is 12.1 Å². The highest BCUT2D eigenvalue weighted by Gasteiger charge is 2.21. The van der Waals surface area contributed by atoms with E-state index in [1.165, 1.54) is 0 Å². The molecule has 1 amide bonds. The van der Waals surface area contributed by atoms with E-state index in [4.69, 9.17) is 19.9 Å². The molecule has 1 atom stereocenters. The number of rotatable bonds is 6. The molecule has 0 radical (unpaired) electrons. The average Bonchev–Trinajstić information content (AvgIpc) is 2.90. The Morgan fingerprint density at radius 1 is 1.33 bits per heavy atom. The van der Waals surface area contributed by atoms with Crippen molar-refractivity contribution in [2.75, 3.05) is 13.3 Å². The molecule has 0 fully saturated rings. The van der Waals surface area contributed by atoms with Crippen LogP contribution < -0.4 is 25.3 Å². The van der Waals surface area contributed by atoms with Crippen LogP contribution in [0.3, 0.4) is 0 Å². The van der Waals surface area contributed by atoms with E-state index in [1.54, 1.807) is 19.1 Å². The third kappa shape index (κ3) is 3.78. The summed E-state index contributed by atoms with van der Waals surface area (Å²) in [6, 6.07) is 3.51. The molecule has 1 aliphatic rings. The highest BCUT2D eigenvalue weighted by Crippen LogP contribution is 2.38. The predicted molar refractivity (Wildman–Crippen MR) is 78.4 cm³/mol. The van der Waals surface area contributed by atoms with Gasteiger partial charge in [-0.25, -0.2) is 0 Å². The van der Waals surface area contributed by atoms with E-state index in [0.717, 1.165) is 5.56 Å². The topological polar surface area (TPSA) is 82.8 Å². The molecule has 1 heterocycles. The lowest BCUT2D eigenvalue weighted by atomic mass is 10.1. The van der Waals surface area contributed by atoms with E-state index in [1.807, 2.05) is 13.8 Å². The molecule has 1 aromatic rings. The summed E-state index contributed by atoms with van der Waals surface area (Å²) >= 11 is 0. The third-order valence-corrected chi connectivity index (χ3v) is 3.13. The minimum absolute atomic E-state index is 0.149. The maximum atomic E-state index is 12.0. The van der Waals surface area contributed by atoms with Gasteiger partial charge in [0, 0.05) is 24.7 Å². The van der Waals surface area contributed by atoms with Gasteiger partial charge in [-0.05, 0) is 18.9 Å². The largest absolute Gasteiger partial charge is 0.480 e. The van der Waals surface area contributed by atoms with Gasteiger partial charge in [-0.3, -0.25) is 4.79 Å². The summed E-state index contributed by atoms with van der Waals surface area (Å²) < 4.78 is 16.3. The number of nitrogens with two attached hydrogens (primary N) is 1. The second kappa shape index (κ2) is 6.67. The summed E-state index contributed by atoms with van der Waals surface area (Å²) in [7, 11) is 0. The molecular formula is C15H22N2O4. The Morgan fingerprint density at radius 2 is 2.00 bits per heavy atom. The van der Waals surface area contributed by atoms with Crippen molar-refractivity contribution in [2.45, 2.75) is 33.4 Å². The fraction of sp³-hybridized carbons (Fsp3) is 0.533. The van der Waals surface area contributed by atoms with E-state index in [9.17, 15) is 4.79 Å². The third-order valence-electron chi connectivity index (χ3n) is 3.13. The smallest absolute Gasteiger partial charge is 0.260 e.